The normalized spacial score (nSPS) is 10.9. The molecular formula is C11H17Cl2NO. The second kappa shape index (κ2) is 6.33. The molecule has 0 fully saturated rings. The summed E-state index contributed by atoms with van der Waals surface area (Å²) >= 11 is 5.85. The van der Waals surface area contributed by atoms with Crippen LogP contribution in [0.15, 0.2) is 24.3 Å². The van der Waals surface area contributed by atoms with Crippen molar-refractivity contribution >= 4 is 24.0 Å². The van der Waals surface area contributed by atoms with Gasteiger partial charge in [0.2, 0.25) is 0 Å². The molecular weight excluding hydrogens is 233 g/mol. The molecule has 0 saturated heterocycles. The van der Waals surface area contributed by atoms with E-state index in [2.05, 4.69) is 5.32 Å². The third kappa shape index (κ3) is 5.38. The monoisotopic (exact) mass is 249 g/mol. The molecule has 0 heterocycles. The van der Waals surface area contributed by atoms with E-state index in [1.165, 1.54) is 0 Å². The average Bonchev–Trinajstić information content (AvgIpc) is 2.15. The lowest BCUT2D eigenvalue weighted by atomic mass is 10.1. The lowest BCUT2D eigenvalue weighted by Crippen LogP contribution is -2.42. The minimum atomic E-state index is -0.248. The Balaban J connectivity index is 0.00000196. The van der Waals surface area contributed by atoms with E-state index in [-0.39, 0.29) is 24.6 Å². The zero-order valence-electron chi connectivity index (χ0n) is 8.96. The molecule has 1 aromatic rings. The molecule has 0 atom stereocenters. The first kappa shape index (κ1) is 14.7. The Morgan fingerprint density at radius 2 is 2.07 bits per heavy atom. The first-order valence-electron chi connectivity index (χ1n) is 4.64. The van der Waals surface area contributed by atoms with Crippen LogP contribution in [-0.4, -0.2) is 17.3 Å². The van der Waals surface area contributed by atoms with E-state index in [1.807, 2.05) is 38.1 Å². The highest BCUT2D eigenvalue weighted by Crippen LogP contribution is 2.11. The molecule has 0 unspecified atom stereocenters. The Bertz CT molecular complexity index is 302. The summed E-state index contributed by atoms with van der Waals surface area (Å²) in [6.45, 7) is 4.75. The average molecular weight is 250 g/mol. The minimum absolute atomic E-state index is 0. The molecule has 0 aliphatic carbocycles. The molecule has 0 aliphatic rings. The minimum Gasteiger partial charge on any atom is -0.394 e. The second-order valence-corrected chi connectivity index (χ2v) is 4.46. The molecule has 86 valence electrons. The molecule has 0 aliphatic heterocycles. The van der Waals surface area contributed by atoms with Crippen molar-refractivity contribution in [2.75, 3.05) is 6.61 Å². The molecule has 1 rings (SSSR count). The smallest absolute Gasteiger partial charge is 0.0607 e. The Morgan fingerprint density at radius 3 is 2.60 bits per heavy atom. The highest BCUT2D eigenvalue weighted by atomic mass is 35.5. The zero-order valence-corrected chi connectivity index (χ0v) is 10.5. The molecule has 1 aromatic carbocycles. The number of benzene rings is 1. The van der Waals surface area contributed by atoms with Gasteiger partial charge < -0.3 is 10.4 Å². The maximum Gasteiger partial charge on any atom is 0.0607 e. The maximum absolute atomic E-state index is 9.04. The van der Waals surface area contributed by atoms with E-state index >= 15 is 0 Å². The van der Waals surface area contributed by atoms with Crippen LogP contribution in [0.3, 0.4) is 0 Å². The number of nitrogens with one attached hydrogen (secondary N) is 1. The van der Waals surface area contributed by atoms with Gasteiger partial charge in [0, 0.05) is 17.1 Å². The van der Waals surface area contributed by atoms with Crippen LogP contribution in [0.5, 0.6) is 0 Å². The van der Waals surface area contributed by atoms with Crippen molar-refractivity contribution < 1.29 is 5.11 Å². The standard InChI is InChI=1S/C11H16ClNO.ClH/c1-11(2,8-14)13-7-9-4-3-5-10(12)6-9;/h3-6,13-14H,7-8H2,1-2H3;1H. The highest BCUT2D eigenvalue weighted by molar-refractivity contribution is 6.30. The van der Waals surface area contributed by atoms with Gasteiger partial charge in [0.1, 0.15) is 0 Å². The summed E-state index contributed by atoms with van der Waals surface area (Å²) in [6, 6.07) is 7.70. The van der Waals surface area contributed by atoms with E-state index in [0.29, 0.717) is 6.54 Å². The Morgan fingerprint density at radius 1 is 1.40 bits per heavy atom. The van der Waals surface area contributed by atoms with Crippen LogP contribution in [0.2, 0.25) is 5.02 Å². The van der Waals surface area contributed by atoms with Crippen LogP contribution >= 0.6 is 24.0 Å². The van der Waals surface area contributed by atoms with Crippen LogP contribution in [0.25, 0.3) is 0 Å². The number of rotatable bonds is 4. The lowest BCUT2D eigenvalue weighted by Gasteiger charge is -2.23. The number of hydrogen-bond acceptors (Lipinski definition) is 2. The van der Waals surface area contributed by atoms with Crippen LogP contribution in [-0.2, 0) is 6.54 Å². The van der Waals surface area contributed by atoms with Crippen molar-refractivity contribution in [3.05, 3.63) is 34.9 Å². The molecule has 0 spiro atoms. The van der Waals surface area contributed by atoms with Crippen molar-refractivity contribution in [3.8, 4) is 0 Å². The fourth-order valence-corrected chi connectivity index (χ4v) is 1.26. The first-order valence-corrected chi connectivity index (χ1v) is 5.02. The van der Waals surface area contributed by atoms with Gasteiger partial charge >= 0.3 is 0 Å². The molecule has 0 bridgehead atoms. The van der Waals surface area contributed by atoms with Gasteiger partial charge in [0.15, 0.2) is 0 Å². The summed E-state index contributed by atoms with van der Waals surface area (Å²) in [4.78, 5) is 0. The van der Waals surface area contributed by atoms with Crippen molar-refractivity contribution in [3.63, 3.8) is 0 Å². The molecule has 0 aromatic heterocycles. The SMILES string of the molecule is CC(C)(CO)NCc1cccc(Cl)c1.Cl. The van der Waals surface area contributed by atoms with E-state index in [1.54, 1.807) is 0 Å². The summed E-state index contributed by atoms with van der Waals surface area (Å²) in [5.74, 6) is 0. The van der Waals surface area contributed by atoms with Gasteiger partial charge in [-0.1, -0.05) is 23.7 Å². The number of hydrogen-bond donors (Lipinski definition) is 2. The van der Waals surface area contributed by atoms with Crippen LogP contribution in [0.1, 0.15) is 19.4 Å². The van der Waals surface area contributed by atoms with Crippen LogP contribution in [0, 0.1) is 0 Å². The lowest BCUT2D eigenvalue weighted by molar-refractivity contribution is 0.187. The van der Waals surface area contributed by atoms with Crippen LogP contribution < -0.4 is 5.32 Å². The quantitative estimate of drug-likeness (QED) is 0.860. The van der Waals surface area contributed by atoms with Gasteiger partial charge in [-0.3, -0.25) is 0 Å². The summed E-state index contributed by atoms with van der Waals surface area (Å²) in [6.07, 6.45) is 0. The number of aliphatic hydroxyl groups excluding tert-OH is 1. The van der Waals surface area contributed by atoms with E-state index in [9.17, 15) is 0 Å². The molecule has 2 N–H and O–H groups in total. The van der Waals surface area contributed by atoms with Gasteiger partial charge in [0.25, 0.3) is 0 Å². The Hall–Kier alpha value is -0.280. The predicted molar refractivity (Wildman–Crippen MR) is 66.7 cm³/mol. The van der Waals surface area contributed by atoms with Crippen molar-refractivity contribution in [1.82, 2.24) is 5.32 Å². The van der Waals surface area contributed by atoms with E-state index < -0.39 is 0 Å². The predicted octanol–water partition coefficient (Wildman–Crippen LogP) is 2.62. The largest absolute Gasteiger partial charge is 0.394 e. The fraction of sp³-hybridized carbons (Fsp3) is 0.455. The maximum atomic E-state index is 9.04. The Labute approximate surface area is 102 Å². The van der Waals surface area contributed by atoms with E-state index in [0.717, 1.165) is 10.6 Å². The summed E-state index contributed by atoms with van der Waals surface area (Å²) < 4.78 is 0. The van der Waals surface area contributed by atoms with Crippen molar-refractivity contribution in [2.45, 2.75) is 25.9 Å². The molecule has 2 nitrogen and oxygen atoms in total. The van der Waals surface area contributed by atoms with Gasteiger partial charge in [-0.2, -0.15) is 0 Å². The summed E-state index contributed by atoms with van der Waals surface area (Å²) in [5.41, 5.74) is 0.876. The third-order valence-corrected chi connectivity index (χ3v) is 2.29. The van der Waals surface area contributed by atoms with Gasteiger partial charge in [-0.05, 0) is 31.5 Å². The highest BCUT2D eigenvalue weighted by Gasteiger charge is 2.14. The van der Waals surface area contributed by atoms with Crippen molar-refractivity contribution in [1.29, 1.82) is 0 Å². The van der Waals surface area contributed by atoms with Gasteiger partial charge in [-0.25, -0.2) is 0 Å². The van der Waals surface area contributed by atoms with Gasteiger partial charge in [-0.15, -0.1) is 12.4 Å². The number of aliphatic hydroxyl groups is 1. The first-order chi connectivity index (χ1) is 6.53. The summed E-state index contributed by atoms with van der Waals surface area (Å²) in [5, 5.41) is 13.0. The summed E-state index contributed by atoms with van der Waals surface area (Å²) in [7, 11) is 0. The molecule has 0 amide bonds. The topological polar surface area (TPSA) is 32.3 Å². The zero-order chi connectivity index (χ0) is 10.6. The molecule has 15 heavy (non-hydrogen) atoms. The van der Waals surface area contributed by atoms with Crippen LogP contribution in [0.4, 0.5) is 0 Å². The molecule has 4 heteroatoms. The van der Waals surface area contributed by atoms with E-state index in [4.69, 9.17) is 16.7 Å². The van der Waals surface area contributed by atoms with Gasteiger partial charge in [0.05, 0.1) is 6.61 Å². The molecule has 0 radical (unpaired) electrons. The second-order valence-electron chi connectivity index (χ2n) is 4.03. The molecule has 0 saturated carbocycles. The Kier molecular flexibility index (Phi) is 6.22. The fourth-order valence-electron chi connectivity index (χ4n) is 1.04. The van der Waals surface area contributed by atoms with Crippen molar-refractivity contribution in [2.24, 2.45) is 0 Å². The number of halogens is 2. The third-order valence-electron chi connectivity index (χ3n) is 2.06.